The summed E-state index contributed by atoms with van der Waals surface area (Å²) in [6.07, 6.45) is -12.5. The quantitative estimate of drug-likeness (QED) is 0.598. The van der Waals surface area contributed by atoms with Gasteiger partial charge in [0.2, 0.25) is 0 Å². The molecule has 26 heavy (non-hydrogen) atoms. The van der Waals surface area contributed by atoms with Crippen molar-refractivity contribution < 1.29 is 30.7 Å². The van der Waals surface area contributed by atoms with Gasteiger partial charge in [-0.1, -0.05) is 18.2 Å². The summed E-state index contributed by atoms with van der Waals surface area (Å²) in [6, 6.07) is 9.76. The summed E-state index contributed by atoms with van der Waals surface area (Å²) < 4.78 is 94.1. The average molecular weight is 374 g/mol. The van der Waals surface area contributed by atoms with E-state index < -0.39 is 29.1 Å². The number of alkyl halides is 7. The van der Waals surface area contributed by atoms with Gasteiger partial charge in [0.15, 0.2) is 0 Å². The molecule has 137 valence electrons. The molecular weight excluding hydrogens is 363 g/mol. The van der Waals surface area contributed by atoms with Gasteiger partial charge in [0.25, 0.3) is 0 Å². The minimum atomic E-state index is -6.23. The number of hydrogen-bond acceptors (Lipinski definition) is 1. The van der Waals surface area contributed by atoms with Crippen LogP contribution in [0.3, 0.4) is 0 Å². The second-order valence-corrected chi connectivity index (χ2v) is 5.71. The summed E-state index contributed by atoms with van der Waals surface area (Å²) in [4.78, 5) is 0. The maximum absolute atomic E-state index is 14.7. The van der Waals surface area contributed by atoms with Crippen LogP contribution in [0.4, 0.5) is 30.7 Å². The lowest BCUT2D eigenvalue weighted by atomic mass is 9.83. The normalized spacial score (nSPS) is 12.8. The Kier molecular flexibility index (Phi) is 4.79. The molecule has 1 radical (unpaired) electrons. The van der Waals surface area contributed by atoms with Gasteiger partial charge in [-0.3, -0.25) is 0 Å². The van der Waals surface area contributed by atoms with Crippen LogP contribution in [0.5, 0.6) is 0 Å². The minimum absolute atomic E-state index is 0.0110. The van der Waals surface area contributed by atoms with Crippen molar-refractivity contribution in [3.05, 3.63) is 58.7 Å². The van der Waals surface area contributed by atoms with Crippen molar-refractivity contribution in [1.82, 2.24) is 0 Å². The van der Waals surface area contributed by atoms with Gasteiger partial charge in [0.1, 0.15) is 0 Å². The molecule has 0 aromatic heterocycles. The number of hydrogen-bond donors (Lipinski definition) is 0. The molecule has 0 amide bonds. The van der Waals surface area contributed by atoms with E-state index in [0.717, 1.165) is 6.07 Å². The molecule has 2 rings (SSSR count). The van der Waals surface area contributed by atoms with Crippen LogP contribution in [-0.4, -0.2) is 12.4 Å². The Morgan fingerprint density at radius 1 is 0.923 bits per heavy atom. The summed E-state index contributed by atoms with van der Waals surface area (Å²) in [5, 5.41) is 8.92. The first-order chi connectivity index (χ1) is 11.8. The third kappa shape index (κ3) is 3.14. The van der Waals surface area contributed by atoms with Crippen molar-refractivity contribution in [2.24, 2.45) is 0 Å². The molecule has 0 unspecified atom stereocenters. The van der Waals surface area contributed by atoms with Crippen molar-refractivity contribution in [2.75, 3.05) is 0 Å². The molecule has 0 heterocycles. The molecule has 0 aliphatic rings. The zero-order valence-corrected chi connectivity index (χ0v) is 13.5. The largest absolute Gasteiger partial charge is 0.435 e. The van der Waals surface area contributed by atoms with Crippen LogP contribution in [0.1, 0.15) is 22.3 Å². The second-order valence-electron chi connectivity index (χ2n) is 5.71. The Labute approximate surface area is 144 Å². The Balaban J connectivity index is 2.95. The first kappa shape index (κ1) is 19.8. The number of benzene rings is 2. The van der Waals surface area contributed by atoms with Crippen molar-refractivity contribution >= 4 is 0 Å². The number of aryl methyl sites for hydroxylation is 2. The lowest BCUT2D eigenvalue weighted by Crippen LogP contribution is -2.50. The SMILES string of the molecule is Cc1[c]c(C)c(-c2cccc(C#N)c2)c(C(F)(C(F)(F)F)C(F)(F)F)c1. The monoisotopic (exact) mass is 374 g/mol. The van der Waals surface area contributed by atoms with Gasteiger partial charge in [-0.15, -0.1) is 0 Å². The molecule has 2 aromatic rings. The highest BCUT2D eigenvalue weighted by atomic mass is 19.4. The maximum Gasteiger partial charge on any atom is 0.435 e. The Morgan fingerprint density at radius 2 is 1.50 bits per heavy atom. The van der Waals surface area contributed by atoms with Gasteiger partial charge in [0, 0.05) is 5.56 Å². The summed E-state index contributed by atoms with van der Waals surface area (Å²) in [7, 11) is 0. The van der Waals surface area contributed by atoms with Gasteiger partial charge in [0.05, 0.1) is 11.6 Å². The standard InChI is InChI=1S/C18H11F7N/c1-10-6-11(2)15(13-5-3-4-12(8-13)9-26)14(7-10)16(19,17(20,21)22)18(23,24)25/h3-5,7-8H,1-2H3. The zero-order valence-electron chi connectivity index (χ0n) is 13.5. The van der Waals surface area contributed by atoms with E-state index in [2.05, 4.69) is 6.07 Å². The van der Waals surface area contributed by atoms with Crippen LogP contribution >= 0.6 is 0 Å². The third-order valence-electron chi connectivity index (χ3n) is 3.82. The van der Waals surface area contributed by atoms with Gasteiger partial charge in [-0.05, 0) is 54.3 Å². The maximum atomic E-state index is 14.7. The third-order valence-corrected chi connectivity index (χ3v) is 3.82. The fraction of sp³-hybridized carbons (Fsp3) is 0.278. The molecule has 0 spiro atoms. The second kappa shape index (κ2) is 6.31. The molecular formula is C18H11F7N. The van der Waals surface area contributed by atoms with E-state index in [9.17, 15) is 30.7 Å². The van der Waals surface area contributed by atoms with Crippen LogP contribution in [0.15, 0.2) is 30.3 Å². The van der Waals surface area contributed by atoms with E-state index in [4.69, 9.17) is 5.26 Å². The molecule has 8 heteroatoms. The lowest BCUT2D eigenvalue weighted by Gasteiger charge is -2.32. The van der Waals surface area contributed by atoms with E-state index in [0.29, 0.717) is 6.07 Å². The van der Waals surface area contributed by atoms with Crippen LogP contribution in [0.2, 0.25) is 0 Å². The van der Waals surface area contributed by atoms with Crippen molar-refractivity contribution in [2.45, 2.75) is 31.9 Å². The van der Waals surface area contributed by atoms with E-state index in [1.807, 2.05) is 0 Å². The molecule has 0 saturated heterocycles. The zero-order chi connectivity index (χ0) is 19.9. The lowest BCUT2D eigenvalue weighted by molar-refractivity contribution is -0.348. The van der Waals surface area contributed by atoms with Crippen molar-refractivity contribution in [3.63, 3.8) is 0 Å². The molecule has 0 aliphatic carbocycles. The molecule has 0 bridgehead atoms. The Hall–Kier alpha value is -2.56. The molecule has 0 N–H and O–H groups in total. The van der Waals surface area contributed by atoms with Gasteiger partial charge >= 0.3 is 18.0 Å². The first-order valence-corrected chi connectivity index (χ1v) is 7.20. The number of nitrogens with zero attached hydrogens (tertiary/aromatic N) is 1. The van der Waals surface area contributed by atoms with E-state index in [1.54, 1.807) is 6.07 Å². The topological polar surface area (TPSA) is 23.8 Å². The number of rotatable bonds is 2. The minimum Gasteiger partial charge on any atom is -0.218 e. The molecule has 0 aliphatic heterocycles. The van der Waals surface area contributed by atoms with E-state index in [1.165, 1.54) is 32.0 Å². The fourth-order valence-electron chi connectivity index (χ4n) is 2.74. The summed E-state index contributed by atoms with van der Waals surface area (Å²) >= 11 is 0. The predicted molar refractivity (Wildman–Crippen MR) is 79.8 cm³/mol. The van der Waals surface area contributed by atoms with Crippen LogP contribution in [-0.2, 0) is 5.67 Å². The molecule has 0 saturated carbocycles. The predicted octanol–water partition coefficient (Wildman–Crippen LogP) is 5.93. The van der Waals surface area contributed by atoms with Gasteiger partial charge in [-0.2, -0.15) is 31.6 Å². The van der Waals surface area contributed by atoms with E-state index >= 15 is 0 Å². The van der Waals surface area contributed by atoms with Crippen LogP contribution in [0, 0.1) is 31.2 Å². The Morgan fingerprint density at radius 3 is 2.00 bits per heavy atom. The van der Waals surface area contributed by atoms with Crippen molar-refractivity contribution in [1.29, 1.82) is 5.26 Å². The average Bonchev–Trinajstić information content (AvgIpc) is 2.51. The highest BCUT2D eigenvalue weighted by Gasteiger charge is 2.74. The van der Waals surface area contributed by atoms with Crippen molar-refractivity contribution in [3.8, 4) is 17.2 Å². The fourth-order valence-corrected chi connectivity index (χ4v) is 2.74. The molecule has 2 aromatic carbocycles. The summed E-state index contributed by atoms with van der Waals surface area (Å²) in [5.41, 5.74) is -8.02. The molecule has 0 fully saturated rings. The smallest absolute Gasteiger partial charge is 0.218 e. The number of halogens is 7. The highest BCUT2D eigenvalue weighted by Crippen LogP contribution is 2.55. The van der Waals surface area contributed by atoms with Gasteiger partial charge in [-0.25, -0.2) is 4.39 Å². The molecule has 0 atom stereocenters. The van der Waals surface area contributed by atoms with E-state index in [-0.39, 0.29) is 22.3 Å². The summed E-state index contributed by atoms with van der Waals surface area (Å²) in [6.45, 7) is 2.46. The first-order valence-electron chi connectivity index (χ1n) is 7.20. The van der Waals surface area contributed by atoms with Crippen LogP contribution < -0.4 is 0 Å². The van der Waals surface area contributed by atoms with Gasteiger partial charge < -0.3 is 0 Å². The summed E-state index contributed by atoms with van der Waals surface area (Å²) in [5.74, 6) is 0. The highest BCUT2D eigenvalue weighted by molar-refractivity contribution is 5.74. The Bertz CT molecular complexity index is 859. The molecule has 1 nitrogen and oxygen atoms in total. The number of nitriles is 1. The van der Waals surface area contributed by atoms with Crippen LogP contribution in [0.25, 0.3) is 11.1 Å².